The first kappa shape index (κ1) is 12.4. The van der Waals surface area contributed by atoms with E-state index >= 15 is 0 Å². The molecular formula is C8H9F3N4O. The Morgan fingerprint density at radius 2 is 2.31 bits per heavy atom. The third kappa shape index (κ3) is 3.86. The smallest absolute Gasteiger partial charge is 0.340 e. The third-order valence-corrected chi connectivity index (χ3v) is 1.82. The number of nitrogens with zero attached hydrogens (tertiary/aromatic N) is 3. The van der Waals surface area contributed by atoms with Crippen LogP contribution in [0.4, 0.5) is 13.2 Å². The van der Waals surface area contributed by atoms with Gasteiger partial charge in [-0.15, -0.1) is 0 Å². The van der Waals surface area contributed by atoms with Crippen LogP contribution in [0.15, 0.2) is 10.9 Å². The Hall–Kier alpha value is -1.62. The standard InChI is InChI=1S/C8H9F3N4O/c9-8(10,11)6(3-12)4-13-2-1-7-14-5-15-16-7/h5-6,13H,1-2,4H2. The monoisotopic (exact) mass is 234 g/mol. The van der Waals surface area contributed by atoms with Crippen molar-refractivity contribution in [1.29, 1.82) is 5.26 Å². The predicted octanol–water partition coefficient (Wildman–Crippen LogP) is 0.904. The molecule has 5 nitrogen and oxygen atoms in total. The minimum absolute atomic E-state index is 0.246. The Morgan fingerprint density at radius 3 is 2.81 bits per heavy atom. The van der Waals surface area contributed by atoms with Crippen molar-refractivity contribution < 1.29 is 17.7 Å². The van der Waals surface area contributed by atoms with Crippen LogP contribution >= 0.6 is 0 Å². The largest absolute Gasteiger partial charge is 0.405 e. The highest BCUT2D eigenvalue weighted by Gasteiger charge is 2.39. The van der Waals surface area contributed by atoms with Crippen LogP contribution in [0.2, 0.25) is 0 Å². The molecule has 1 aromatic rings. The van der Waals surface area contributed by atoms with Crippen LogP contribution in [0.25, 0.3) is 0 Å². The summed E-state index contributed by atoms with van der Waals surface area (Å²) in [7, 11) is 0. The summed E-state index contributed by atoms with van der Waals surface area (Å²) in [6.07, 6.45) is -2.95. The lowest BCUT2D eigenvalue weighted by Crippen LogP contribution is -2.33. The molecule has 1 unspecified atom stereocenters. The van der Waals surface area contributed by atoms with E-state index in [1.165, 1.54) is 12.4 Å². The molecular weight excluding hydrogens is 225 g/mol. The van der Waals surface area contributed by atoms with E-state index in [0.29, 0.717) is 12.3 Å². The van der Waals surface area contributed by atoms with Gasteiger partial charge in [-0.25, -0.2) is 0 Å². The summed E-state index contributed by atoms with van der Waals surface area (Å²) in [4.78, 5) is 3.70. The van der Waals surface area contributed by atoms with Crippen LogP contribution in [0.1, 0.15) is 5.89 Å². The lowest BCUT2D eigenvalue weighted by Gasteiger charge is -2.13. The first-order valence-electron chi connectivity index (χ1n) is 4.46. The fourth-order valence-electron chi connectivity index (χ4n) is 0.982. The highest BCUT2D eigenvalue weighted by Crippen LogP contribution is 2.24. The summed E-state index contributed by atoms with van der Waals surface area (Å²) in [5.74, 6) is -1.65. The van der Waals surface area contributed by atoms with Crippen molar-refractivity contribution in [2.45, 2.75) is 12.6 Å². The zero-order valence-electron chi connectivity index (χ0n) is 8.16. The Kier molecular flexibility index (Phi) is 4.25. The summed E-state index contributed by atoms with van der Waals surface area (Å²) in [5.41, 5.74) is 0. The van der Waals surface area contributed by atoms with Gasteiger partial charge in [0.05, 0.1) is 6.07 Å². The molecule has 88 valence electrons. The van der Waals surface area contributed by atoms with Crippen molar-refractivity contribution in [1.82, 2.24) is 15.5 Å². The van der Waals surface area contributed by atoms with Crippen LogP contribution in [-0.2, 0) is 6.42 Å². The summed E-state index contributed by atoms with van der Waals surface area (Å²) < 4.78 is 41.0. The zero-order chi connectivity index (χ0) is 12.0. The average molecular weight is 234 g/mol. The summed E-state index contributed by atoms with van der Waals surface area (Å²) in [5, 5.41) is 14.2. The van der Waals surface area contributed by atoms with E-state index in [4.69, 9.17) is 5.26 Å². The van der Waals surface area contributed by atoms with E-state index in [0.717, 1.165) is 0 Å². The molecule has 0 fully saturated rings. The molecule has 16 heavy (non-hydrogen) atoms. The summed E-state index contributed by atoms with van der Waals surface area (Å²) in [6, 6.07) is 1.20. The minimum Gasteiger partial charge on any atom is -0.340 e. The van der Waals surface area contributed by atoms with E-state index in [1.807, 2.05) is 0 Å². The molecule has 1 atom stereocenters. The molecule has 1 N–H and O–H groups in total. The molecule has 0 saturated carbocycles. The second kappa shape index (κ2) is 5.46. The number of aromatic nitrogens is 2. The molecule has 0 aliphatic heterocycles. The van der Waals surface area contributed by atoms with Crippen molar-refractivity contribution >= 4 is 0 Å². The fraction of sp³-hybridized carbons (Fsp3) is 0.625. The Labute approximate surface area is 89.2 Å². The first-order chi connectivity index (χ1) is 7.54. The van der Waals surface area contributed by atoms with Gasteiger partial charge in [0, 0.05) is 19.5 Å². The maximum atomic E-state index is 12.1. The lowest BCUT2D eigenvalue weighted by atomic mass is 10.1. The van der Waals surface area contributed by atoms with Crippen LogP contribution in [-0.4, -0.2) is 29.4 Å². The number of hydrogen-bond donors (Lipinski definition) is 1. The van der Waals surface area contributed by atoms with E-state index in [1.54, 1.807) is 0 Å². The van der Waals surface area contributed by atoms with Gasteiger partial charge in [0.15, 0.2) is 12.2 Å². The molecule has 0 amide bonds. The van der Waals surface area contributed by atoms with Gasteiger partial charge in [-0.1, -0.05) is 5.16 Å². The van der Waals surface area contributed by atoms with E-state index in [9.17, 15) is 13.2 Å². The molecule has 8 heteroatoms. The van der Waals surface area contributed by atoms with Gasteiger partial charge in [0.25, 0.3) is 0 Å². The number of alkyl halides is 3. The Balaban J connectivity index is 2.22. The Morgan fingerprint density at radius 1 is 1.56 bits per heavy atom. The maximum absolute atomic E-state index is 12.1. The minimum atomic E-state index is -4.49. The predicted molar refractivity (Wildman–Crippen MR) is 46.0 cm³/mol. The molecule has 1 rings (SSSR count). The number of nitriles is 1. The molecule has 0 radical (unpaired) electrons. The molecule has 0 aliphatic rings. The Bertz CT molecular complexity index is 343. The van der Waals surface area contributed by atoms with Gasteiger partial charge >= 0.3 is 6.18 Å². The van der Waals surface area contributed by atoms with E-state index in [2.05, 4.69) is 20.0 Å². The molecule has 0 saturated heterocycles. The third-order valence-electron chi connectivity index (χ3n) is 1.82. The molecule has 1 aromatic heterocycles. The van der Waals surface area contributed by atoms with Gasteiger partial charge in [-0.3, -0.25) is 0 Å². The molecule has 0 spiro atoms. The average Bonchev–Trinajstić information content (AvgIpc) is 2.68. The highest BCUT2D eigenvalue weighted by molar-refractivity contribution is 4.90. The normalized spacial score (nSPS) is 13.4. The van der Waals surface area contributed by atoms with Crippen LogP contribution < -0.4 is 5.32 Å². The van der Waals surface area contributed by atoms with E-state index in [-0.39, 0.29) is 6.54 Å². The fourth-order valence-corrected chi connectivity index (χ4v) is 0.982. The van der Waals surface area contributed by atoms with Crippen molar-refractivity contribution in [3.8, 4) is 6.07 Å². The van der Waals surface area contributed by atoms with Gasteiger partial charge in [-0.05, 0) is 0 Å². The zero-order valence-corrected chi connectivity index (χ0v) is 8.16. The van der Waals surface area contributed by atoms with Gasteiger partial charge < -0.3 is 9.84 Å². The number of rotatable bonds is 5. The number of nitrogens with one attached hydrogen (secondary N) is 1. The first-order valence-corrected chi connectivity index (χ1v) is 4.46. The SMILES string of the molecule is N#CC(CNCCc1ncno1)C(F)(F)F. The number of halogens is 3. The molecule has 0 aromatic carbocycles. The second-order valence-corrected chi connectivity index (χ2v) is 3.01. The summed E-state index contributed by atoms with van der Waals surface area (Å²) in [6.45, 7) is -0.190. The molecule has 1 heterocycles. The van der Waals surface area contributed by atoms with Crippen LogP contribution in [0.5, 0.6) is 0 Å². The quantitative estimate of drug-likeness (QED) is 0.766. The molecule has 0 aliphatic carbocycles. The van der Waals surface area contributed by atoms with Crippen molar-refractivity contribution in [2.75, 3.05) is 13.1 Å². The summed E-state index contributed by atoms with van der Waals surface area (Å²) >= 11 is 0. The molecule has 0 bridgehead atoms. The topological polar surface area (TPSA) is 74.7 Å². The van der Waals surface area contributed by atoms with Crippen molar-refractivity contribution in [2.24, 2.45) is 5.92 Å². The second-order valence-electron chi connectivity index (χ2n) is 3.01. The van der Waals surface area contributed by atoms with Crippen molar-refractivity contribution in [3.63, 3.8) is 0 Å². The van der Waals surface area contributed by atoms with Gasteiger partial charge in [0.1, 0.15) is 0 Å². The van der Waals surface area contributed by atoms with Crippen molar-refractivity contribution in [3.05, 3.63) is 12.2 Å². The van der Waals surface area contributed by atoms with Gasteiger partial charge in [0.2, 0.25) is 5.89 Å². The lowest BCUT2D eigenvalue weighted by molar-refractivity contribution is -0.157. The maximum Gasteiger partial charge on any atom is 0.405 e. The van der Waals surface area contributed by atoms with Crippen LogP contribution in [0.3, 0.4) is 0 Å². The van der Waals surface area contributed by atoms with Gasteiger partial charge in [-0.2, -0.15) is 23.4 Å². The van der Waals surface area contributed by atoms with Crippen LogP contribution in [0, 0.1) is 17.2 Å². The highest BCUT2D eigenvalue weighted by atomic mass is 19.4. The van der Waals surface area contributed by atoms with E-state index < -0.39 is 18.6 Å². The number of hydrogen-bond acceptors (Lipinski definition) is 5.